The maximum atomic E-state index is 11.8. The Bertz CT molecular complexity index is 875. The highest BCUT2D eigenvalue weighted by molar-refractivity contribution is 6.34. The number of carbonyl (C=O) groups is 4. The molecule has 29 heavy (non-hydrogen) atoms. The molecule has 2 rings (SSSR count). The predicted octanol–water partition coefficient (Wildman–Crippen LogP) is -0.388. The van der Waals surface area contributed by atoms with Crippen LogP contribution in [-0.2, 0) is 19.2 Å². The molecule has 0 saturated carbocycles. The fourth-order valence-electron chi connectivity index (χ4n) is 1.95. The molecule has 0 fully saturated rings. The lowest BCUT2D eigenvalue weighted by molar-refractivity contribution is -0.143. The lowest BCUT2D eigenvalue weighted by Gasteiger charge is -2.12. The van der Waals surface area contributed by atoms with Gasteiger partial charge < -0.3 is 0 Å². The molecule has 12 nitrogen and oxygen atoms in total. The van der Waals surface area contributed by atoms with E-state index in [1.165, 1.54) is 11.5 Å². The molecule has 0 aliphatic rings. The van der Waals surface area contributed by atoms with E-state index in [-0.39, 0.29) is 0 Å². The van der Waals surface area contributed by atoms with Gasteiger partial charge in [0.15, 0.2) is 0 Å². The van der Waals surface area contributed by atoms with Crippen molar-refractivity contribution >= 4 is 40.7 Å². The van der Waals surface area contributed by atoms with Crippen molar-refractivity contribution in [1.29, 1.82) is 0 Å². The van der Waals surface area contributed by atoms with Gasteiger partial charge in [-0.2, -0.15) is 0 Å². The summed E-state index contributed by atoms with van der Waals surface area (Å²) in [5.74, 6) is -3.45. The van der Waals surface area contributed by atoms with Gasteiger partial charge in [-0.25, -0.2) is 5.48 Å². The van der Waals surface area contributed by atoms with Crippen molar-refractivity contribution < 1.29 is 24.4 Å². The van der Waals surface area contributed by atoms with Crippen molar-refractivity contribution in [2.45, 2.75) is 6.42 Å². The van der Waals surface area contributed by atoms with Gasteiger partial charge in [0.05, 0.1) is 17.1 Å². The van der Waals surface area contributed by atoms with Crippen molar-refractivity contribution in [2.24, 2.45) is 0 Å². The number of rotatable bonds is 8. The summed E-state index contributed by atoms with van der Waals surface area (Å²) in [4.78, 5) is 45.7. The lowest BCUT2D eigenvalue weighted by atomic mass is 10.3. The monoisotopic (exact) mass is 401 g/mol. The van der Waals surface area contributed by atoms with Crippen LogP contribution in [0.5, 0.6) is 0 Å². The molecule has 0 heterocycles. The first kappa shape index (κ1) is 21.0. The summed E-state index contributed by atoms with van der Waals surface area (Å²) in [6.07, 6.45) is -0.420. The molecule has 0 aliphatic carbocycles. The molecule has 8 N–H and O–H groups in total. The van der Waals surface area contributed by atoms with Gasteiger partial charge in [0.2, 0.25) is 11.8 Å². The third-order valence-corrected chi connectivity index (χ3v) is 3.28. The van der Waals surface area contributed by atoms with E-state index in [1.807, 2.05) is 6.07 Å². The molecule has 12 heteroatoms. The minimum absolute atomic E-state index is 0.383. The van der Waals surface area contributed by atoms with Crippen LogP contribution >= 0.6 is 0 Å². The first-order valence-electron chi connectivity index (χ1n) is 8.23. The SMILES string of the molecule is O=C(CC(=O)NNc1cccc(NNC(=O)C(=O)NO)c1)NNc1ccccc1. The Labute approximate surface area is 164 Å². The molecule has 0 unspecified atom stereocenters. The van der Waals surface area contributed by atoms with Crippen LogP contribution < -0.4 is 38.0 Å². The van der Waals surface area contributed by atoms with E-state index in [9.17, 15) is 19.2 Å². The molecule has 2 aromatic carbocycles. The summed E-state index contributed by atoms with van der Waals surface area (Å²) in [6, 6.07) is 15.2. The number of nitrogens with one attached hydrogen (secondary N) is 7. The molecule has 0 radical (unpaired) electrons. The minimum Gasteiger partial charge on any atom is -0.299 e. The van der Waals surface area contributed by atoms with Gasteiger partial charge in [-0.3, -0.25) is 56.9 Å². The van der Waals surface area contributed by atoms with Gasteiger partial charge in [-0.15, -0.1) is 0 Å². The zero-order valence-corrected chi connectivity index (χ0v) is 15.0. The maximum absolute atomic E-state index is 11.8. The number of hydroxylamine groups is 1. The third-order valence-electron chi connectivity index (χ3n) is 3.28. The van der Waals surface area contributed by atoms with Gasteiger partial charge in [-0.05, 0) is 30.3 Å². The zero-order chi connectivity index (χ0) is 21.1. The Hall–Kier alpha value is -4.32. The molecule has 0 atom stereocenters. The smallest absolute Gasteiger partial charge is 0.299 e. The number of benzene rings is 2. The summed E-state index contributed by atoms with van der Waals surface area (Å²) in [5.41, 5.74) is 17.2. The van der Waals surface area contributed by atoms with Crippen LogP contribution in [0, 0.1) is 0 Å². The highest BCUT2D eigenvalue weighted by Gasteiger charge is 2.11. The van der Waals surface area contributed by atoms with Crippen molar-refractivity contribution in [1.82, 2.24) is 21.8 Å². The van der Waals surface area contributed by atoms with Crippen LogP contribution in [0.3, 0.4) is 0 Å². The number of para-hydroxylation sites is 1. The van der Waals surface area contributed by atoms with Crippen LogP contribution in [-0.4, -0.2) is 28.8 Å². The Morgan fingerprint density at radius 3 is 1.76 bits per heavy atom. The molecule has 0 aliphatic heterocycles. The lowest BCUT2D eigenvalue weighted by Crippen LogP contribution is -2.41. The number of amides is 4. The molecule has 0 bridgehead atoms. The predicted molar refractivity (Wildman–Crippen MR) is 103 cm³/mol. The number of carbonyl (C=O) groups excluding carboxylic acids is 4. The number of anilines is 3. The second-order valence-corrected chi connectivity index (χ2v) is 5.49. The standard InChI is InChI=1S/C17H19N7O5/c25-14(21-18-11-5-2-1-3-6-11)10-15(26)22-19-12-7-4-8-13(9-12)20-23-16(27)17(28)24-29/h1-9,18-20,29H,10H2,(H,21,25)(H,22,26)(H,23,27)(H,24,28). The quantitative estimate of drug-likeness (QED) is 0.128. The van der Waals surface area contributed by atoms with Crippen LogP contribution in [0.2, 0.25) is 0 Å². The zero-order valence-electron chi connectivity index (χ0n) is 15.0. The average Bonchev–Trinajstić information content (AvgIpc) is 2.75. The topological polar surface area (TPSA) is 173 Å². The van der Waals surface area contributed by atoms with E-state index in [4.69, 9.17) is 5.21 Å². The van der Waals surface area contributed by atoms with E-state index >= 15 is 0 Å². The van der Waals surface area contributed by atoms with Crippen LogP contribution in [0.15, 0.2) is 54.6 Å². The summed E-state index contributed by atoms with van der Waals surface area (Å²) in [7, 11) is 0. The van der Waals surface area contributed by atoms with Crippen molar-refractivity contribution in [3.8, 4) is 0 Å². The largest absolute Gasteiger partial charge is 0.334 e. The molecular weight excluding hydrogens is 382 g/mol. The van der Waals surface area contributed by atoms with Crippen molar-refractivity contribution in [3.05, 3.63) is 54.6 Å². The summed E-state index contributed by atoms with van der Waals surface area (Å²) < 4.78 is 0. The van der Waals surface area contributed by atoms with Crippen LogP contribution in [0.4, 0.5) is 17.1 Å². The molecule has 152 valence electrons. The van der Waals surface area contributed by atoms with Gasteiger partial charge >= 0.3 is 11.8 Å². The van der Waals surface area contributed by atoms with Gasteiger partial charge in [0.1, 0.15) is 6.42 Å². The van der Waals surface area contributed by atoms with Crippen LogP contribution in [0.25, 0.3) is 0 Å². The first-order valence-corrected chi connectivity index (χ1v) is 8.23. The molecular formula is C17H19N7O5. The second kappa shape index (κ2) is 10.7. The fraction of sp³-hybridized carbons (Fsp3) is 0.0588. The molecule has 2 aromatic rings. The van der Waals surface area contributed by atoms with Gasteiger partial charge in [0.25, 0.3) is 0 Å². The Morgan fingerprint density at radius 1 is 0.655 bits per heavy atom. The van der Waals surface area contributed by atoms with Gasteiger partial charge in [-0.1, -0.05) is 24.3 Å². The summed E-state index contributed by atoms with van der Waals surface area (Å²) in [6.45, 7) is 0. The number of hydrogen-bond donors (Lipinski definition) is 8. The first-order chi connectivity index (χ1) is 14.0. The van der Waals surface area contributed by atoms with E-state index in [2.05, 4.69) is 32.6 Å². The van der Waals surface area contributed by atoms with Crippen molar-refractivity contribution in [2.75, 3.05) is 16.3 Å². The second-order valence-electron chi connectivity index (χ2n) is 5.49. The number of hydrazine groups is 3. The summed E-state index contributed by atoms with van der Waals surface area (Å²) >= 11 is 0. The Morgan fingerprint density at radius 2 is 1.17 bits per heavy atom. The maximum Gasteiger partial charge on any atom is 0.334 e. The van der Waals surface area contributed by atoms with Gasteiger partial charge in [0, 0.05) is 0 Å². The van der Waals surface area contributed by atoms with E-state index < -0.39 is 30.0 Å². The Kier molecular flexibility index (Phi) is 7.77. The van der Waals surface area contributed by atoms with Crippen LogP contribution in [0.1, 0.15) is 6.42 Å². The molecule has 0 aromatic heterocycles. The van der Waals surface area contributed by atoms with E-state index in [0.717, 1.165) is 0 Å². The average molecular weight is 401 g/mol. The molecule has 0 saturated heterocycles. The third kappa shape index (κ3) is 7.44. The normalized spacial score (nSPS) is 9.55. The van der Waals surface area contributed by atoms with E-state index in [0.29, 0.717) is 17.1 Å². The number of hydrogen-bond acceptors (Lipinski definition) is 8. The van der Waals surface area contributed by atoms with E-state index in [1.54, 1.807) is 42.5 Å². The van der Waals surface area contributed by atoms with Crippen molar-refractivity contribution in [3.63, 3.8) is 0 Å². The highest BCUT2D eigenvalue weighted by Crippen LogP contribution is 2.13. The Balaban J connectivity index is 1.74. The molecule has 0 spiro atoms. The molecule has 4 amide bonds. The summed E-state index contributed by atoms with van der Waals surface area (Å²) in [5, 5.41) is 8.35. The minimum atomic E-state index is -1.24. The fourth-order valence-corrected chi connectivity index (χ4v) is 1.95. The highest BCUT2D eigenvalue weighted by atomic mass is 16.5.